The minimum Gasteiger partial charge on any atom is -0.456 e. The van der Waals surface area contributed by atoms with E-state index in [1.165, 1.54) is 11.1 Å². The second-order valence-electron chi connectivity index (χ2n) is 13.4. The predicted molar refractivity (Wildman–Crippen MR) is 213 cm³/mol. The van der Waals surface area contributed by atoms with Crippen LogP contribution in [0, 0.1) is 0 Å². The molecule has 2 heterocycles. The monoisotopic (exact) mass is 690 g/mol. The summed E-state index contributed by atoms with van der Waals surface area (Å²) in [6.07, 6.45) is 1.77. The van der Waals surface area contributed by atoms with Crippen molar-refractivity contribution in [2.75, 3.05) is 9.80 Å². The number of carbonyl (C=O) groups is 1. The Morgan fingerprint density at radius 1 is 0.509 bits per heavy atom. The number of ether oxygens (including phenoxy) is 2. The molecule has 0 N–H and O–H groups in total. The fourth-order valence-electron chi connectivity index (χ4n) is 7.92. The van der Waals surface area contributed by atoms with E-state index >= 15 is 0 Å². The van der Waals surface area contributed by atoms with Gasteiger partial charge in [-0.3, -0.25) is 0 Å². The zero-order valence-corrected chi connectivity index (χ0v) is 29.7. The summed E-state index contributed by atoms with van der Waals surface area (Å²) < 4.78 is 13.7. The minimum atomic E-state index is -1.31. The molecule has 1 atom stereocenters. The number of esters is 1. The lowest BCUT2D eigenvalue weighted by Gasteiger charge is -2.42. The highest BCUT2D eigenvalue weighted by Gasteiger charge is 2.56. The molecule has 0 aromatic heterocycles. The summed E-state index contributed by atoms with van der Waals surface area (Å²) in [6.45, 7) is 4.35. The molecule has 7 aromatic rings. The van der Waals surface area contributed by atoms with Crippen LogP contribution in [0.15, 0.2) is 170 Å². The largest absolute Gasteiger partial charge is 0.456 e. The first-order valence-electron chi connectivity index (χ1n) is 18.3. The lowest BCUT2D eigenvalue weighted by Crippen LogP contribution is -2.35. The van der Waals surface area contributed by atoms with Crippen molar-refractivity contribution in [2.45, 2.75) is 32.3 Å². The lowest BCUT2D eigenvalue weighted by atomic mass is 9.76. The second-order valence-corrected chi connectivity index (χ2v) is 13.4. The third-order valence-corrected chi connectivity index (χ3v) is 10.4. The predicted octanol–water partition coefficient (Wildman–Crippen LogP) is 12.3. The molecule has 5 heteroatoms. The van der Waals surface area contributed by atoms with Crippen LogP contribution in [0.1, 0.15) is 52.0 Å². The fraction of sp³-hybridized carbons (Fsp3) is 0.104. The summed E-state index contributed by atoms with van der Waals surface area (Å²) in [5.74, 6) is 0.905. The number of rotatable bonds is 8. The highest BCUT2D eigenvalue weighted by atomic mass is 16.6. The normalized spacial score (nSPS) is 15.2. The van der Waals surface area contributed by atoms with Crippen molar-refractivity contribution in [2.24, 2.45) is 0 Å². The summed E-state index contributed by atoms with van der Waals surface area (Å²) in [4.78, 5) is 18.7. The van der Waals surface area contributed by atoms with Crippen LogP contribution in [0.25, 0.3) is 0 Å². The van der Waals surface area contributed by atoms with Gasteiger partial charge in [0.05, 0.1) is 22.5 Å². The molecule has 2 aliphatic rings. The molecule has 7 aromatic carbocycles. The van der Waals surface area contributed by atoms with Gasteiger partial charge in [-0.15, -0.1) is 0 Å². The van der Waals surface area contributed by atoms with Gasteiger partial charge in [0, 0.05) is 33.9 Å². The van der Waals surface area contributed by atoms with Gasteiger partial charge < -0.3 is 19.3 Å². The Morgan fingerprint density at radius 2 is 1.06 bits per heavy atom. The molecule has 0 bridgehead atoms. The van der Waals surface area contributed by atoms with Gasteiger partial charge in [0.15, 0.2) is 5.60 Å². The molecule has 0 radical (unpaired) electrons. The molecular formula is C48H38N2O3. The molecule has 1 unspecified atom stereocenters. The van der Waals surface area contributed by atoms with Crippen LogP contribution in [0.4, 0.5) is 34.1 Å². The van der Waals surface area contributed by atoms with Gasteiger partial charge in [-0.1, -0.05) is 111 Å². The Bertz CT molecular complexity index is 2480. The van der Waals surface area contributed by atoms with Crippen LogP contribution in [0.2, 0.25) is 0 Å². The lowest BCUT2D eigenvalue weighted by molar-refractivity contribution is 0.0226. The van der Waals surface area contributed by atoms with E-state index in [4.69, 9.17) is 9.47 Å². The maximum absolute atomic E-state index is 14.1. The number of nitrogens with zero attached hydrogens (tertiary/aromatic N) is 2. The molecule has 0 fully saturated rings. The average molecular weight is 691 g/mol. The molecule has 2 aliphatic heterocycles. The standard InChI is InChI=1S/C48H38N2O3/c1-3-33-17-15-23-37(31-33)49(35-19-7-5-8-20-35)42-29-30-44-45(46(42)50(36-21-9-6-10-22-36)38-24-16-18-34(4-2)32-38)48(41-27-13-14-28-43(41)52-44)40-26-12-11-25-39(40)47(51)53-48/h5-32H,3-4H2,1-2H3. The highest BCUT2D eigenvalue weighted by Crippen LogP contribution is 2.62. The van der Waals surface area contributed by atoms with E-state index in [1.807, 2.05) is 66.7 Å². The van der Waals surface area contributed by atoms with E-state index in [1.54, 1.807) is 0 Å². The van der Waals surface area contributed by atoms with E-state index in [9.17, 15) is 4.79 Å². The zero-order chi connectivity index (χ0) is 35.9. The summed E-state index contributed by atoms with van der Waals surface area (Å²) in [7, 11) is 0. The maximum Gasteiger partial charge on any atom is 0.340 e. The second kappa shape index (κ2) is 13.2. The number of hydrogen-bond acceptors (Lipinski definition) is 5. The fourth-order valence-corrected chi connectivity index (χ4v) is 7.92. The van der Waals surface area contributed by atoms with Crippen molar-refractivity contribution >= 4 is 40.1 Å². The van der Waals surface area contributed by atoms with Gasteiger partial charge >= 0.3 is 5.97 Å². The average Bonchev–Trinajstić information content (AvgIpc) is 3.51. The maximum atomic E-state index is 14.1. The summed E-state index contributed by atoms with van der Waals surface area (Å²) >= 11 is 0. The van der Waals surface area contributed by atoms with Crippen molar-refractivity contribution in [3.8, 4) is 11.5 Å². The zero-order valence-electron chi connectivity index (χ0n) is 29.7. The third-order valence-electron chi connectivity index (χ3n) is 10.4. The smallest absolute Gasteiger partial charge is 0.340 e. The van der Waals surface area contributed by atoms with Crippen LogP contribution < -0.4 is 14.5 Å². The first-order valence-corrected chi connectivity index (χ1v) is 18.3. The van der Waals surface area contributed by atoms with Crippen molar-refractivity contribution < 1.29 is 14.3 Å². The molecule has 5 nitrogen and oxygen atoms in total. The topological polar surface area (TPSA) is 42.0 Å². The van der Waals surface area contributed by atoms with Crippen molar-refractivity contribution in [3.05, 3.63) is 203 Å². The molecule has 1 spiro atoms. The first kappa shape index (κ1) is 32.3. The summed E-state index contributed by atoms with van der Waals surface area (Å²) in [5.41, 5.74) is 9.67. The molecule has 0 saturated heterocycles. The molecule has 53 heavy (non-hydrogen) atoms. The van der Waals surface area contributed by atoms with Crippen LogP contribution >= 0.6 is 0 Å². The number of aryl methyl sites for hydroxylation is 2. The Labute approximate surface area is 310 Å². The van der Waals surface area contributed by atoms with E-state index in [2.05, 4.69) is 127 Å². The Morgan fingerprint density at radius 3 is 1.72 bits per heavy atom. The van der Waals surface area contributed by atoms with Crippen molar-refractivity contribution in [3.63, 3.8) is 0 Å². The molecular weight excluding hydrogens is 653 g/mol. The molecule has 258 valence electrons. The number of anilines is 6. The minimum absolute atomic E-state index is 0.366. The Balaban J connectivity index is 1.47. The van der Waals surface area contributed by atoms with Crippen LogP contribution in [-0.2, 0) is 23.2 Å². The number of para-hydroxylation sites is 3. The number of benzene rings is 7. The molecule has 0 saturated carbocycles. The van der Waals surface area contributed by atoms with Gasteiger partial charge in [-0.2, -0.15) is 0 Å². The van der Waals surface area contributed by atoms with Crippen LogP contribution in [0.3, 0.4) is 0 Å². The number of carbonyl (C=O) groups excluding carboxylic acids is 1. The van der Waals surface area contributed by atoms with Gasteiger partial charge in [-0.25, -0.2) is 4.79 Å². The van der Waals surface area contributed by atoms with Crippen LogP contribution in [0.5, 0.6) is 11.5 Å². The van der Waals surface area contributed by atoms with E-state index < -0.39 is 5.60 Å². The molecule has 0 amide bonds. The number of fused-ring (bicyclic) bond motifs is 6. The van der Waals surface area contributed by atoms with E-state index in [0.717, 1.165) is 63.7 Å². The van der Waals surface area contributed by atoms with Crippen molar-refractivity contribution in [1.82, 2.24) is 0 Å². The number of hydrogen-bond donors (Lipinski definition) is 0. The van der Waals surface area contributed by atoms with Gasteiger partial charge in [0.2, 0.25) is 0 Å². The Kier molecular flexibility index (Phi) is 8.04. The van der Waals surface area contributed by atoms with Gasteiger partial charge in [0.1, 0.15) is 11.5 Å². The molecule has 0 aliphatic carbocycles. The summed E-state index contributed by atoms with van der Waals surface area (Å²) in [6, 6.07) is 58.1. The molecule has 9 rings (SSSR count). The van der Waals surface area contributed by atoms with Crippen LogP contribution in [-0.4, -0.2) is 5.97 Å². The highest BCUT2D eigenvalue weighted by molar-refractivity contribution is 6.01. The Hall–Kier alpha value is -6.59. The quantitative estimate of drug-likeness (QED) is 0.149. The van der Waals surface area contributed by atoms with Crippen molar-refractivity contribution in [1.29, 1.82) is 0 Å². The SMILES string of the molecule is CCc1cccc(N(c2ccccc2)c2ccc3c(c2N(c2ccccc2)c2cccc(CC)c2)C2(OC(=O)c4ccccc42)c2ccccc2O3)c1. The van der Waals surface area contributed by atoms with Gasteiger partial charge in [0.25, 0.3) is 0 Å². The summed E-state index contributed by atoms with van der Waals surface area (Å²) in [5, 5.41) is 0. The first-order chi connectivity index (χ1) is 26.1. The third kappa shape index (κ3) is 5.27. The van der Waals surface area contributed by atoms with E-state index in [0.29, 0.717) is 17.1 Å². The van der Waals surface area contributed by atoms with Gasteiger partial charge in [-0.05, 0) is 96.8 Å². The van der Waals surface area contributed by atoms with E-state index in [-0.39, 0.29) is 5.97 Å².